The van der Waals surface area contributed by atoms with Crippen molar-refractivity contribution in [3.63, 3.8) is 0 Å². The second-order valence-corrected chi connectivity index (χ2v) is 10.8. The molecule has 0 radical (unpaired) electrons. The van der Waals surface area contributed by atoms with Crippen molar-refractivity contribution in [3.8, 4) is 0 Å². The Morgan fingerprint density at radius 2 is 2.00 bits per heavy atom. The van der Waals surface area contributed by atoms with Crippen molar-refractivity contribution in [2.75, 3.05) is 10.2 Å². The summed E-state index contributed by atoms with van der Waals surface area (Å²) in [5.74, 6) is 0.162. The molecule has 4 rings (SSSR count). The first kappa shape index (κ1) is 27.6. The van der Waals surface area contributed by atoms with Crippen molar-refractivity contribution >= 4 is 40.7 Å². The maximum Gasteiger partial charge on any atom is 0.253 e. The van der Waals surface area contributed by atoms with Crippen LogP contribution in [-0.4, -0.2) is 40.7 Å². The Hall–Kier alpha value is -3.39. The van der Waals surface area contributed by atoms with Gasteiger partial charge in [-0.1, -0.05) is 25.1 Å². The highest BCUT2D eigenvalue weighted by Crippen LogP contribution is 2.35. The van der Waals surface area contributed by atoms with Crippen LogP contribution in [0.4, 0.5) is 11.5 Å². The van der Waals surface area contributed by atoms with Crippen molar-refractivity contribution < 1.29 is 14.4 Å². The third-order valence-electron chi connectivity index (χ3n) is 7.53. The molecule has 2 aliphatic rings. The molecule has 1 aromatic carbocycles. The molecule has 2 amide bonds. The van der Waals surface area contributed by atoms with E-state index in [9.17, 15) is 14.4 Å². The number of ketones is 1. The van der Waals surface area contributed by atoms with Crippen molar-refractivity contribution in [3.05, 3.63) is 64.5 Å². The molecule has 2 aromatic rings. The number of halogens is 1. The molecule has 1 aromatic heterocycles. The van der Waals surface area contributed by atoms with E-state index in [0.29, 0.717) is 28.8 Å². The second-order valence-electron chi connectivity index (χ2n) is 10.4. The third-order valence-corrected chi connectivity index (χ3v) is 7.91. The Balaban J connectivity index is 1.47. The quantitative estimate of drug-likeness (QED) is 0.337. The van der Waals surface area contributed by atoms with Crippen LogP contribution in [-0.2, 0) is 0 Å². The summed E-state index contributed by atoms with van der Waals surface area (Å²) in [6.07, 6.45) is 8.46. The minimum atomic E-state index is -0.602. The molecule has 1 heterocycles. The number of nitrogens with one attached hydrogen (secondary N) is 2. The number of carbonyl (C=O) groups is 3. The Bertz CT molecular complexity index is 1240. The molecule has 2 unspecified atom stereocenters. The largest absolute Gasteiger partial charge is 0.381 e. The van der Waals surface area contributed by atoms with Gasteiger partial charge in [-0.2, -0.15) is 0 Å². The molecule has 202 valence electrons. The van der Waals surface area contributed by atoms with Crippen LogP contribution in [0.2, 0.25) is 5.02 Å². The van der Waals surface area contributed by atoms with Crippen LogP contribution in [0, 0.1) is 12.8 Å². The van der Waals surface area contributed by atoms with Crippen molar-refractivity contribution in [1.29, 1.82) is 0 Å². The highest BCUT2D eigenvalue weighted by Gasteiger charge is 2.33. The molecule has 3 atom stereocenters. The average Bonchev–Trinajstić information content (AvgIpc) is 3.65. The topological polar surface area (TPSA) is 117 Å². The van der Waals surface area contributed by atoms with E-state index >= 15 is 0 Å². The number of benzene rings is 1. The number of aromatic nitrogens is 1. The number of nitrogens with two attached hydrogens (primary N) is 1. The number of hydrogen-bond donors (Lipinski definition) is 3. The van der Waals surface area contributed by atoms with Gasteiger partial charge in [0.25, 0.3) is 11.8 Å². The number of aryl methyl sites for hydroxylation is 1. The Labute approximate surface area is 229 Å². The monoisotopic (exact) mass is 537 g/mol. The lowest BCUT2D eigenvalue weighted by atomic mass is 10.00. The number of pyridine rings is 1. The van der Waals surface area contributed by atoms with Gasteiger partial charge < -0.3 is 21.3 Å². The van der Waals surface area contributed by atoms with Crippen LogP contribution in [0.5, 0.6) is 0 Å². The van der Waals surface area contributed by atoms with E-state index in [-0.39, 0.29) is 46.3 Å². The summed E-state index contributed by atoms with van der Waals surface area (Å²) in [6, 6.07) is 5.39. The SMILES string of the molecule is C=CN(c1ccc(C(=O)C2CC2)cn1)C1CCC(NC(=O)c2c(C)cc(C(N)=O)c(N[C@H](C)CC)c2Cl)C1. The first-order valence-electron chi connectivity index (χ1n) is 13.3. The number of hydrogen-bond acceptors (Lipinski definition) is 6. The van der Waals surface area contributed by atoms with E-state index in [2.05, 4.69) is 22.2 Å². The zero-order valence-corrected chi connectivity index (χ0v) is 23.0. The summed E-state index contributed by atoms with van der Waals surface area (Å²) in [7, 11) is 0. The molecule has 9 heteroatoms. The van der Waals surface area contributed by atoms with E-state index in [0.717, 1.165) is 37.9 Å². The van der Waals surface area contributed by atoms with Gasteiger partial charge in [-0.25, -0.2) is 4.98 Å². The fourth-order valence-electron chi connectivity index (χ4n) is 5.03. The van der Waals surface area contributed by atoms with Gasteiger partial charge in [0.05, 0.1) is 21.8 Å². The second kappa shape index (κ2) is 11.6. The van der Waals surface area contributed by atoms with Crippen LogP contribution < -0.4 is 21.3 Å². The van der Waals surface area contributed by atoms with Crippen LogP contribution in [0.1, 0.15) is 89.0 Å². The van der Waals surface area contributed by atoms with Gasteiger partial charge in [-0.15, -0.1) is 0 Å². The lowest BCUT2D eigenvalue weighted by Gasteiger charge is -2.26. The van der Waals surface area contributed by atoms with E-state index in [1.165, 1.54) is 0 Å². The molecule has 0 saturated heterocycles. The number of Topliss-reactive ketones (excluding diaryl/α,β-unsaturated/α-hetero) is 1. The van der Waals surface area contributed by atoms with Crippen molar-refractivity contribution in [2.24, 2.45) is 11.7 Å². The fourth-order valence-corrected chi connectivity index (χ4v) is 5.43. The summed E-state index contributed by atoms with van der Waals surface area (Å²) in [5.41, 5.74) is 7.83. The minimum absolute atomic E-state index is 0.0409. The number of primary amides is 1. The first-order valence-corrected chi connectivity index (χ1v) is 13.6. The van der Waals surface area contributed by atoms with E-state index in [1.807, 2.05) is 30.9 Å². The lowest BCUT2D eigenvalue weighted by molar-refractivity contribution is 0.0933. The van der Waals surface area contributed by atoms with Gasteiger partial charge in [-0.05, 0) is 82.3 Å². The summed E-state index contributed by atoms with van der Waals surface area (Å²) < 4.78 is 0. The lowest BCUT2D eigenvalue weighted by Crippen LogP contribution is -2.36. The minimum Gasteiger partial charge on any atom is -0.381 e. The first-order chi connectivity index (χ1) is 18.1. The zero-order valence-electron chi connectivity index (χ0n) is 22.2. The van der Waals surface area contributed by atoms with E-state index in [1.54, 1.807) is 25.4 Å². The smallest absolute Gasteiger partial charge is 0.253 e. The van der Waals surface area contributed by atoms with Crippen LogP contribution >= 0.6 is 11.6 Å². The van der Waals surface area contributed by atoms with Crippen molar-refractivity contribution in [1.82, 2.24) is 10.3 Å². The zero-order chi connectivity index (χ0) is 27.6. The Kier molecular flexibility index (Phi) is 8.41. The maximum atomic E-state index is 13.4. The van der Waals surface area contributed by atoms with Gasteiger partial charge in [0.1, 0.15) is 5.82 Å². The number of carbonyl (C=O) groups excluding carboxylic acids is 3. The predicted molar refractivity (Wildman–Crippen MR) is 151 cm³/mol. The average molecular weight is 538 g/mol. The molecule has 4 N–H and O–H groups in total. The summed E-state index contributed by atoms with van der Waals surface area (Å²) >= 11 is 6.70. The molecule has 0 spiro atoms. The fraction of sp³-hybridized carbons (Fsp3) is 0.448. The Morgan fingerprint density at radius 1 is 1.26 bits per heavy atom. The number of amides is 2. The van der Waals surface area contributed by atoms with Gasteiger partial charge in [0.15, 0.2) is 5.78 Å². The molecule has 38 heavy (non-hydrogen) atoms. The van der Waals surface area contributed by atoms with Crippen LogP contribution in [0.3, 0.4) is 0 Å². The van der Waals surface area contributed by atoms with Gasteiger partial charge in [0.2, 0.25) is 0 Å². The third kappa shape index (κ3) is 5.85. The van der Waals surface area contributed by atoms with Crippen molar-refractivity contribution in [2.45, 2.75) is 77.4 Å². The van der Waals surface area contributed by atoms with E-state index in [4.69, 9.17) is 17.3 Å². The van der Waals surface area contributed by atoms with Crippen LogP contribution in [0.25, 0.3) is 0 Å². The standard InChI is InChI=1S/C29H36ClN5O3/c1-5-17(4)33-26-22(28(31)37)13-16(3)24(25(26)30)29(38)34-20-10-11-21(14-20)35(6-2)23-12-9-19(15-32-23)27(36)18-7-8-18/h6,9,12-13,15,17-18,20-21,33H,2,5,7-8,10-11,14H2,1,3-4H3,(H2,31,37)(H,34,38)/t17-,20?,21?/m1/s1. The molecule has 2 fully saturated rings. The number of rotatable bonds is 11. The normalized spacial score (nSPS) is 19.5. The summed E-state index contributed by atoms with van der Waals surface area (Å²) in [4.78, 5) is 44.3. The molecular weight excluding hydrogens is 502 g/mol. The molecule has 0 aliphatic heterocycles. The van der Waals surface area contributed by atoms with Gasteiger partial charge in [0, 0.05) is 35.8 Å². The van der Waals surface area contributed by atoms with E-state index < -0.39 is 5.91 Å². The van der Waals surface area contributed by atoms with Crippen LogP contribution in [0.15, 0.2) is 37.2 Å². The Morgan fingerprint density at radius 3 is 2.58 bits per heavy atom. The number of nitrogens with zero attached hydrogens (tertiary/aromatic N) is 2. The highest BCUT2D eigenvalue weighted by molar-refractivity contribution is 6.37. The molecule has 2 aliphatic carbocycles. The molecular formula is C29H36ClN5O3. The summed E-state index contributed by atoms with van der Waals surface area (Å²) in [6.45, 7) is 9.70. The predicted octanol–water partition coefficient (Wildman–Crippen LogP) is 5.25. The highest BCUT2D eigenvalue weighted by atomic mass is 35.5. The van der Waals surface area contributed by atoms with Gasteiger partial charge >= 0.3 is 0 Å². The molecule has 8 nitrogen and oxygen atoms in total. The summed E-state index contributed by atoms with van der Waals surface area (Å²) in [5, 5.41) is 6.56. The molecule has 2 saturated carbocycles. The number of anilines is 2. The maximum absolute atomic E-state index is 13.4. The van der Waals surface area contributed by atoms with Gasteiger partial charge in [-0.3, -0.25) is 14.4 Å². The molecule has 0 bridgehead atoms.